The average molecular weight is 455 g/mol. The summed E-state index contributed by atoms with van der Waals surface area (Å²) >= 11 is 4.58. The number of nitrogens with one attached hydrogen (secondary N) is 2. The van der Waals surface area contributed by atoms with Gasteiger partial charge in [0.1, 0.15) is 5.82 Å². The molecular formula is C17H12BrFN2O3S2. The predicted octanol–water partition coefficient (Wildman–Crippen LogP) is 4.70. The van der Waals surface area contributed by atoms with Crippen LogP contribution in [0.4, 0.5) is 15.8 Å². The van der Waals surface area contributed by atoms with E-state index < -0.39 is 15.8 Å². The lowest BCUT2D eigenvalue weighted by molar-refractivity contribution is 0.103. The maximum atomic E-state index is 13.2. The summed E-state index contributed by atoms with van der Waals surface area (Å²) in [7, 11) is -3.86. The van der Waals surface area contributed by atoms with Gasteiger partial charge in [-0.15, -0.1) is 11.3 Å². The Bertz CT molecular complexity index is 1050. The molecule has 0 unspecified atom stereocenters. The number of benzene rings is 2. The second-order valence-electron chi connectivity index (χ2n) is 5.20. The summed E-state index contributed by atoms with van der Waals surface area (Å²) in [5, 5.41) is 2.69. The van der Waals surface area contributed by atoms with E-state index in [0.717, 1.165) is 9.85 Å². The van der Waals surface area contributed by atoms with Crippen molar-refractivity contribution < 1.29 is 17.6 Å². The minimum absolute atomic E-state index is 0.00127. The highest BCUT2D eigenvalue weighted by Crippen LogP contribution is 2.24. The van der Waals surface area contributed by atoms with E-state index in [1.54, 1.807) is 12.1 Å². The topological polar surface area (TPSA) is 75.3 Å². The number of hydrogen-bond donors (Lipinski definition) is 2. The Kier molecular flexibility index (Phi) is 5.40. The van der Waals surface area contributed by atoms with Crippen LogP contribution in [0.1, 0.15) is 9.67 Å². The number of anilines is 2. The quantitative estimate of drug-likeness (QED) is 0.586. The number of halogens is 2. The zero-order valence-electron chi connectivity index (χ0n) is 13.1. The van der Waals surface area contributed by atoms with Crippen LogP contribution in [0.5, 0.6) is 0 Å². The fraction of sp³-hybridized carbons (Fsp3) is 0. The Hall–Kier alpha value is -2.23. The molecule has 0 spiro atoms. The van der Waals surface area contributed by atoms with Gasteiger partial charge in [0.2, 0.25) is 0 Å². The average Bonchev–Trinajstić information content (AvgIpc) is 3.01. The van der Waals surface area contributed by atoms with Crippen LogP contribution in [0.15, 0.2) is 69.3 Å². The molecule has 3 aromatic rings. The fourth-order valence-electron chi connectivity index (χ4n) is 2.11. The van der Waals surface area contributed by atoms with E-state index >= 15 is 0 Å². The Morgan fingerprint density at radius 2 is 1.73 bits per heavy atom. The molecule has 26 heavy (non-hydrogen) atoms. The zero-order chi connectivity index (χ0) is 18.7. The van der Waals surface area contributed by atoms with Gasteiger partial charge in [-0.05, 0) is 70.5 Å². The summed E-state index contributed by atoms with van der Waals surface area (Å²) in [6, 6.07) is 14.3. The Morgan fingerprint density at radius 1 is 1.00 bits per heavy atom. The Labute approximate surface area is 162 Å². The van der Waals surface area contributed by atoms with E-state index in [2.05, 4.69) is 26.0 Å². The molecule has 0 radical (unpaired) electrons. The second kappa shape index (κ2) is 7.56. The number of amides is 1. The third-order valence-electron chi connectivity index (χ3n) is 3.30. The minimum atomic E-state index is -3.86. The first-order valence-corrected chi connectivity index (χ1v) is 10.4. The van der Waals surface area contributed by atoms with Crippen molar-refractivity contribution in [3.05, 3.63) is 75.1 Å². The van der Waals surface area contributed by atoms with Gasteiger partial charge in [-0.1, -0.05) is 6.07 Å². The van der Waals surface area contributed by atoms with Crippen molar-refractivity contribution >= 4 is 54.6 Å². The van der Waals surface area contributed by atoms with Crippen LogP contribution in [-0.2, 0) is 10.0 Å². The maximum Gasteiger partial charge on any atom is 0.265 e. The molecule has 0 saturated carbocycles. The lowest BCUT2D eigenvalue weighted by atomic mass is 10.3. The highest BCUT2D eigenvalue weighted by Gasteiger charge is 2.15. The molecule has 0 aliphatic heterocycles. The molecular weight excluding hydrogens is 443 g/mol. The van der Waals surface area contributed by atoms with Crippen molar-refractivity contribution in [3.63, 3.8) is 0 Å². The van der Waals surface area contributed by atoms with Crippen LogP contribution < -0.4 is 10.0 Å². The molecule has 0 saturated heterocycles. The number of carbonyl (C=O) groups is 1. The monoisotopic (exact) mass is 454 g/mol. The van der Waals surface area contributed by atoms with Crippen LogP contribution in [0.2, 0.25) is 0 Å². The first-order valence-electron chi connectivity index (χ1n) is 7.29. The second-order valence-corrected chi connectivity index (χ2v) is 9.34. The summed E-state index contributed by atoms with van der Waals surface area (Å²) < 4.78 is 41.0. The largest absolute Gasteiger partial charge is 0.321 e. The van der Waals surface area contributed by atoms with Crippen molar-refractivity contribution in [2.75, 3.05) is 10.0 Å². The van der Waals surface area contributed by atoms with Gasteiger partial charge in [0, 0.05) is 5.69 Å². The summed E-state index contributed by atoms with van der Waals surface area (Å²) in [5.41, 5.74) is 0.592. The minimum Gasteiger partial charge on any atom is -0.321 e. The van der Waals surface area contributed by atoms with Gasteiger partial charge in [-0.2, -0.15) is 0 Å². The van der Waals surface area contributed by atoms with E-state index in [1.165, 1.54) is 53.8 Å². The smallest absolute Gasteiger partial charge is 0.265 e. The molecule has 2 N–H and O–H groups in total. The van der Waals surface area contributed by atoms with Crippen LogP contribution in [0.3, 0.4) is 0 Å². The van der Waals surface area contributed by atoms with Crippen molar-refractivity contribution in [2.24, 2.45) is 0 Å². The van der Waals surface area contributed by atoms with Crippen LogP contribution in [-0.4, -0.2) is 14.3 Å². The molecule has 3 rings (SSSR count). The summed E-state index contributed by atoms with van der Waals surface area (Å²) in [6.45, 7) is 0. The number of hydrogen-bond acceptors (Lipinski definition) is 4. The molecule has 0 fully saturated rings. The summed E-state index contributed by atoms with van der Waals surface area (Å²) in [4.78, 5) is 12.6. The van der Waals surface area contributed by atoms with Gasteiger partial charge in [0.25, 0.3) is 15.9 Å². The summed E-state index contributed by atoms with van der Waals surface area (Å²) in [6.07, 6.45) is 0. The van der Waals surface area contributed by atoms with Crippen LogP contribution in [0, 0.1) is 5.82 Å². The molecule has 0 bridgehead atoms. The van der Waals surface area contributed by atoms with Gasteiger partial charge in [0.15, 0.2) is 0 Å². The molecule has 0 atom stereocenters. The molecule has 9 heteroatoms. The Balaban J connectivity index is 1.73. The highest BCUT2D eigenvalue weighted by molar-refractivity contribution is 9.11. The predicted molar refractivity (Wildman–Crippen MR) is 104 cm³/mol. The zero-order valence-corrected chi connectivity index (χ0v) is 16.3. The van der Waals surface area contributed by atoms with E-state index in [9.17, 15) is 17.6 Å². The van der Waals surface area contributed by atoms with Crippen LogP contribution >= 0.6 is 27.3 Å². The van der Waals surface area contributed by atoms with E-state index in [4.69, 9.17) is 0 Å². The molecule has 2 aromatic carbocycles. The van der Waals surface area contributed by atoms with E-state index in [0.29, 0.717) is 10.6 Å². The number of sulfonamides is 1. The molecule has 0 aliphatic rings. The molecule has 134 valence electrons. The molecule has 5 nitrogen and oxygen atoms in total. The highest BCUT2D eigenvalue weighted by atomic mass is 79.9. The van der Waals surface area contributed by atoms with Crippen molar-refractivity contribution in [1.82, 2.24) is 0 Å². The van der Waals surface area contributed by atoms with Crippen molar-refractivity contribution in [3.8, 4) is 0 Å². The molecule has 0 aliphatic carbocycles. The number of rotatable bonds is 5. The fourth-order valence-corrected chi connectivity index (χ4v) is 4.44. The van der Waals surface area contributed by atoms with Gasteiger partial charge < -0.3 is 5.32 Å². The third-order valence-corrected chi connectivity index (χ3v) is 6.32. The van der Waals surface area contributed by atoms with Crippen molar-refractivity contribution in [1.29, 1.82) is 0 Å². The van der Waals surface area contributed by atoms with Gasteiger partial charge in [-0.3, -0.25) is 9.52 Å². The first kappa shape index (κ1) is 18.6. The van der Waals surface area contributed by atoms with Crippen LogP contribution in [0.25, 0.3) is 0 Å². The standard InChI is InChI=1S/C17H12BrFN2O3S2/c18-16-9-8-15(25-16)17(22)20-12-4-6-14(7-5-12)26(23,24)21-13-3-1-2-11(19)10-13/h1-10,21H,(H,20,22). The van der Waals surface area contributed by atoms with Gasteiger partial charge in [0.05, 0.1) is 19.2 Å². The maximum absolute atomic E-state index is 13.2. The van der Waals surface area contributed by atoms with Crippen molar-refractivity contribution in [2.45, 2.75) is 4.90 Å². The van der Waals surface area contributed by atoms with E-state index in [1.807, 2.05) is 0 Å². The molecule has 1 heterocycles. The van der Waals surface area contributed by atoms with Gasteiger partial charge >= 0.3 is 0 Å². The van der Waals surface area contributed by atoms with E-state index in [-0.39, 0.29) is 16.5 Å². The third kappa shape index (κ3) is 4.48. The SMILES string of the molecule is O=C(Nc1ccc(S(=O)(=O)Nc2cccc(F)c2)cc1)c1ccc(Br)s1. The lowest BCUT2D eigenvalue weighted by Crippen LogP contribution is -2.14. The molecule has 1 amide bonds. The Morgan fingerprint density at radius 3 is 2.35 bits per heavy atom. The number of thiophene rings is 1. The molecule has 1 aromatic heterocycles. The normalized spacial score (nSPS) is 11.2. The number of carbonyl (C=O) groups excluding carboxylic acids is 1. The van der Waals surface area contributed by atoms with Gasteiger partial charge in [-0.25, -0.2) is 12.8 Å². The summed E-state index contributed by atoms with van der Waals surface area (Å²) in [5.74, 6) is -0.822. The lowest BCUT2D eigenvalue weighted by Gasteiger charge is -2.09. The first-order chi connectivity index (χ1) is 12.3.